The van der Waals surface area contributed by atoms with E-state index in [1.54, 1.807) is 20.8 Å². The molecule has 1 atom stereocenters. The standard InChI is InChI=1S/C14H25NO3/c1-5-18-13(17)14(3,4)12(16)10-15-8-6-7-11(2)9-15/h11H,5-10H2,1-4H3. The molecule has 1 unspecified atom stereocenters. The van der Waals surface area contributed by atoms with Crippen molar-refractivity contribution < 1.29 is 14.3 Å². The minimum absolute atomic E-state index is 0.0462. The summed E-state index contributed by atoms with van der Waals surface area (Å²) in [6.07, 6.45) is 2.36. The Morgan fingerprint density at radius 2 is 2.06 bits per heavy atom. The topological polar surface area (TPSA) is 46.6 Å². The van der Waals surface area contributed by atoms with E-state index in [2.05, 4.69) is 11.8 Å². The Kier molecular flexibility index (Phi) is 5.32. The summed E-state index contributed by atoms with van der Waals surface area (Å²) in [5, 5.41) is 0. The molecule has 0 amide bonds. The minimum Gasteiger partial charge on any atom is -0.465 e. The van der Waals surface area contributed by atoms with Crippen LogP contribution in [-0.4, -0.2) is 42.9 Å². The average Bonchev–Trinajstić information content (AvgIpc) is 2.29. The molecule has 4 heteroatoms. The van der Waals surface area contributed by atoms with Crippen LogP contribution in [0, 0.1) is 11.3 Å². The van der Waals surface area contributed by atoms with Crippen molar-refractivity contribution in [1.29, 1.82) is 0 Å². The van der Waals surface area contributed by atoms with Crippen LogP contribution in [-0.2, 0) is 14.3 Å². The van der Waals surface area contributed by atoms with Crippen LogP contribution < -0.4 is 0 Å². The molecule has 18 heavy (non-hydrogen) atoms. The normalized spacial score (nSPS) is 21.7. The first kappa shape index (κ1) is 15.2. The highest BCUT2D eigenvalue weighted by molar-refractivity contribution is 6.03. The predicted molar refractivity (Wildman–Crippen MR) is 70.3 cm³/mol. The number of carbonyl (C=O) groups is 2. The summed E-state index contributed by atoms with van der Waals surface area (Å²) in [6, 6.07) is 0. The number of piperidine rings is 1. The molecule has 1 aliphatic heterocycles. The van der Waals surface area contributed by atoms with Crippen molar-refractivity contribution in [3.63, 3.8) is 0 Å². The van der Waals surface area contributed by atoms with Crippen molar-refractivity contribution in [3.05, 3.63) is 0 Å². The summed E-state index contributed by atoms with van der Waals surface area (Å²) in [5.41, 5.74) is -1.03. The third-order valence-electron chi connectivity index (χ3n) is 3.59. The highest BCUT2D eigenvalue weighted by Crippen LogP contribution is 2.22. The van der Waals surface area contributed by atoms with Crippen LogP contribution >= 0.6 is 0 Å². The second-order valence-electron chi connectivity index (χ2n) is 5.75. The van der Waals surface area contributed by atoms with Crippen LogP contribution in [0.3, 0.4) is 0 Å². The van der Waals surface area contributed by atoms with Crippen LogP contribution in [0.15, 0.2) is 0 Å². The van der Waals surface area contributed by atoms with Gasteiger partial charge in [0.15, 0.2) is 5.78 Å². The van der Waals surface area contributed by atoms with Gasteiger partial charge in [-0.05, 0) is 46.1 Å². The maximum Gasteiger partial charge on any atom is 0.319 e. The average molecular weight is 255 g/mol. The molecule has 0 radical (unpaired) electrons. The van der Waals surface area contributed by atoms with E-state index >= 15 is 0 Å². The fourth-order valence-electron chi connectivity index (χ4n) is 2.26. The van der Waals surface area contributed by atoms with Crippen LogP contribution in [0.2, 0.25) is 0 Å². The summed E-state index contributed by atoms with van der Waals surface area (Å²) in [4.78, 5) is 26.1. The van der Waals surface area contributed by atoms with Gasteiger partial charge in [-0.25, -0.2) is 0 Å². The lowest BCUT2D eigenvalue weighted by Crippen LogP contribution is -2.45. The Labute approximate surface area is 110 Å². The van der Waals surface area contributed by atoms with Gasteiger partial charge in [0.05, 0.1) is 13.2 Å². The number of hydrogen-bond acceptors (Lipinski definition) is 4. The number of ether oxygens (including phenoxy) is 1. The molecule has 1 aliphatic rings. The third kappa shape index (κ3) is 3.80. The number of rotatable bonds is 5. The monoisotopic (exact) mass is 255 g/mol. The Morgan fingerprint density at radius 3 is 2.61 bits per heavy atom. The lowest BCUT2D eigenvalue weighted by Gasteiger charge is -2.32. The second-order valence-corrected chi connectivity index (χ2v) is 5.75. The van der Waals surface area contributed by atoms with Gasteiger partial charge in [-0.3, -0.25) is 14.5 Å². The van der Waals surface area contributed by atoms with E-state index in [0.29, 0.717) is 19.1 Å². The van der Waals surface area contributed by atoms with Gasteiger partial charge in [-0.1, -0.05) is 6.92 Å². The molecule has 0 aromatic carbocycles. The molecule has 0 saturated carbocycles. The van der Waals surface area contributed by atoms with Gasteiger partial charge in [0.2, 0.25) is 0 Å². The zero-order valence-corrected chi connectivity index (χ0v) is 12.0. The molecular formula is C14H25NO3. The molecular weight excluding hydrogens is 230 g/mol. The Bertz CT molecular complexity index is 312. The van der Waals surface area contributed by atoms with E-state index in [1.807, 2.05) is 0 Å². The number of carbonyl (C=O) groups excluding carboxylic acids is 2. The quantitative estimate of drug-likeness (QED) is 0.556. The largest absolute Gasteiger partial charge is 0.465 e. The number of Topliss-reactive ketones (excluding diaryl/α,β-unsaturated/α-hetero) is 1. The van der Waals surface area contributed by atoms with E-state index in [9.17, 15) is 9.59 Å². The molecule has 0 aromatic heterocycles. The van der Waals surface area contributed by atoms with Crippen molar-refractivity contribution >= 4 is 11.8 Å². The first-order chi connectivity index (χ1) is 8.37. The molecule has 0 bridgehead atoms. The van der Waals surface area contributed by atoms with Crippen molar-refractivity contribution in [2.45, 2.75) is 40.5 Å². The number of hydrogen-bond donors (Lipinski definition) is 0. The smallest absolute Gasteiger partial charge is 0.319 e. The lowest BCUT2D eigenvalue weighted by atomic mass is 9.87. The van der Waals surface area contributed by atoms with Crippen LogP contribution in [0.25, 0.3) is 0 Å². The number of esters is 1. The van der Waals surface area contributed by atoms with Gasteiger partial charge >= 0.3 is 5.97 Å². The SMILES string of the molecule is CCOC(=O)C(C)(C)C(=O)CN1CCCC(C)C1. The second kappa shape index (κ2) is 6.32. The van der Waals surface area contributed by atoms with E-state index in [-0.39, 0.29) is 5.78 Å². The molecule has 1 heterocycles. The van der Waals surface area contributed by atoms with Crippen LogP contribution in [0.1, 0.15) is 40.5 Å². The number of nitrogens with zero attached hydrogens (tertiary/aromatic N) is 1. The molecule has 1 fully saturated rings. The summed E-state index contributed by atoms with van der Waals surface area (Å²) in [5.74, 6) is 0.173. The van der Waals surface area contributed by atoms with E-state index in [0.717, 1.165) is 19.5 Å². The fraction of sp³-hybridized carbons (Fsp3) is 0.857. The van der Waals surface area contributed by atoms with Gasteiger partial charge < -0.3 is 4.74 Å². The van der Waals surface area contributed by atoms with E-state index in [4.69, 9.17) is 4.74 Å². The van der Waals surface area contributed by atoms with Crippen LogP contribution in [0.5, 0.6) is 0 Å². The maximum absolute atomic E-state index is 12.2. The fourth-order valence-corrected chi connectivity index (χ4v) is 2.26. The molecule has 0 aliphatic carbocycles. The van der Waals surface area contributed by atoms with E-state index in [1.165, 1.54) is 6.42 Å². The Morgan fingerprint density at radius 1 is 1.39 bits per heavy atom. The van der Waals surface area contributed by atoms with Crippen molar-refractivity contribution in [2.75, 3.05) is 26.2 Å². The van der Waals surface area contributed by atoms with Gasteiger partial charge in [-0.15, -0.1) is 0 Å². The van der Waals surface area contributed by atoms with Gasteiger partial charge in [-0.2, -0.15) is 0 Å². The summed E-state index contributed by atoms with van der Waals surface area (Å²) >= 11 is 0. The molecule has 104 valence electrons. The van der Waals surface area contributed by atoms with Gasteiger partial charge in [0.1, 0.15) is 5.41 Å². The summed E-state index contributed by atoms with van der Waals surface area (Å²) < 4.78 is 4.96. The number of likely N-dealkylation sites (tertiary alicyclic amines) is 1. The molecule has 0 spiro atoms. The summed E-state index contributed by atoms with van der Waals surface area (Å²) in [6.45, 7) is 9.84. The molecule has 0 N–H and O–H groups in total. The molecule has 1 saturated heterocycles. The number of ketones is 1. The Balaban J connectivity index is 2.55. The van der Waals surface area contributed by atoms with Crippen LogP contribution in [0.4, 0.5) is 0 Å². The highest BCUT2D eigenvalue weighted by atomic mass is 16.5. The Hall–Kier alpha value is -0.900. The molecule has 0 aromatic rings. The van der Waals surface area contributed by atoms with Gasteiger partial charge in [0, 0.05) is 6.54 Å². The predicted octanol–water partition coefficient (Wildman–Crippen LogP) is 1.88. The molecule has 4 nitrogen and oxygen atoms in total. The molecule has 1 rings (SSSR count). The lowest BCUT2D eigenvalue weighted by molar-refractivity contribution is -0.158. The van der Waals surface area contributed by atoms with Crippen molar-refractivity contribution in [3.8, 4) is 0 Å². The first-order valence-corrected chi connectivity index (χ1v) is 6.80. The zero-order chi connectivity index (χ0) is 13.8. The minimum atomic E-state index is -1.03. The van der Waals surface area contributed by atoms with E-state index < -0.39 is 11.4 Å². The maximum atomic E-state index is 12.2. The van der Waals surface area contributed by atoms with Crippen molar-refractivity contribution in [1.82, 2.24) is 4.90 Å². The van der Waals surface area contributed by atoms with Crippen molar-refractivity contribution in [2.24, 2.45) is 11.3 Å². The van der Waals surface area contributed by atoms with Gasteiger partial charge in [0.25, 0.3) is 0 Å². The third-order valence-corrected chi connectivity index (χ3v) is 3.59. The highest BCUT2D eigenvalue weighted by Gasteiger charge is 2.38. The first-order valence-electron chi connectivity index (χ1n) is 6.80. The zero-order valence-electron chi connectivity index (χ0n) is 12.0. The summed E-state index contributed by atoms with van der Waals surface area (Å²) in [7, 11) is 0.